The SMILES string of the molecule is CCCCCN1CCC(F)C1. The Labute approximate surface area is 68.6 Å². The number of alkyl halides is 1. The molecule has 0 aromatic heterocycles. The van der Waals surface area contributed by atoms with Crippen molar-refractivity contribution >= 4 is 0 Å². The van der Waals surface area contributed by atoms with Gasteiger partial charge in [0.15, 0.2) is 0 Å². The van der Waals surface area contributed by atoms with Crippen molar-refractivity contribution in [3.63, 3.8) is 0 Å². The minimum Gasteiger partial charge on any atom is -0.300 e. The molecule has 0 aliphatic carbocycles. The summed E-state index contributed by atoms with van der Waals surface area (Å²) in [6.45, 7) is 4.96. The Kier molecular flexibility index (Phi) is 3.84. The molecule has 1 unspecified atom stereocenters. The smallest absolute Gasteiger partial charge is 0.114 e. The van der Waals surface area contributed by atoms with Crippen molar-refractivity contribution in [1.29, 1.82) is 0 Å². The number of rotatable bonds is 4. The molecule has 0 bridgehead atoms. The molecule has 1 aliphatic heterocycles. The zero-order chi connectivity index (χ0) is 8.10. The molecule has 0 aromatic rings. The van der Waals surface area contributed by atoms with Gasteiger partial charge in [0, 0.05) is 13.1 Å². The van der Waals surface area contributed by atoms with Gasteiger partial charge in [0.25, 0.3) is 0 Å². The van der Waals surface area contributed by atoms with Crippen LogP contribution in [0.2, 0.25) is 0 Å². The molecule has 0 saturated carbocycles. The van der Waals surface area contributed by atoms with Gasteiger partial charge < -0.3 is 4.90 Å². The molecule has 1 nitrogen and oxygen atoms in total. The molecule has 0 radical (unpaired) electrons. The van der Waals surface area contributed by atoms with E-state index in [1.807, 2.05) is 0 Å². The number of hydrogen-bond donors (Lipinski definition) is 0. The quantitative estimate of drug-likeness (QED) is 0.568. The second-order valence-corrected chi connectivity index (χ2v) is 3.39. The molecule has 1 aliphatic rings. The fraction of sp³-hybridized carbons (Fsp3) is 1.00. The lowest BCUT2D eigenvalue weighted by molar-refractivity contribution is 0.283. The second kappa shape index (κ2) is 4.70. The van der Waals surface area contributed by atoms with Crippen LogP contribution in [0.25, 0.3) is 0 Å². The molecule has 1 fully saturated rings. The zero-order valence-corrected chi connectivity index (χ0v) is 7.35. The summed E-state index contributed by atoms with van der Waals surface area (Å²) in [7, 11) is 0. The van der Waals surface area contributed by atoms with E-state index in [1.165, 1.54) is 19.3 Å². The van der Waals surface area contributed by atoms with Gasteiger partial charge >= 0.3 is 0 Å². The summed E-state index contributed by atoms with van der Waals surface area (Å²) in [5, 5.41) is 0. The summed E-state index contributed by atoms with van der Waals surface area (Å²) < 4.78 is 12.6. The van der Waals surface area contributed by atoms with Crippen molar-refractivity contribution in [3.8, 4) is 0 Å². The third-order valence-electron chi connectivity index (χ3n) is 2.29. The molecular formula is C9H18FN. The Hall–Kier alpha value is -0.110. The Bertz CT molecular complexity index is 106. The predicted molar refractivity (Wildman–Crippen MR) is 45.5 cm³/mol. The van der Waals surface area contributed by atoms with Crippen LogP contribution in [0.4, 0.5) is 4.39 Å². The van der Waals surface area contributed by atoms with E-state index in [4.69, 9.17) is 0 Å². The maximum atomic E-state index is 12.6. The number of likely N-dealkylation sites (tertiary alicyclic amines) is 1. The Morgan fingerprint density at radius 3 is 2.82 bits per heavy atom. The Balaban J connectivity index is 1.99. The van der Waals surface area contributed by atoms with Crippen LogP contribution in [0.1, 0.15) is 32.6 Å². The largest absolute Gasteiger partial charge is 0.300 e. The zero-order valence-electron chi connectivity index (χ0n) is 7.35. The van der Waals surface area contributed by atoms with Gasteiger partial charge in [-0.25, -0.2) is 4.39 Å². The van der Waals surface area contributed by atoms with Crippen LogP contribution in [-0.4, -0.2) is 30.7 Å². The standard InChI is InChI=1S/C9H18FN/c1-2-3-4-6-11-7-5-9(10)8-11/h9H,2-8H2,1H3. The molecule has 0 spiro atoms. The van der Waals surface area contributed by atoms with E-state index in [0.717, 1.165) is 19.5 Å². The second-order valence-electron chi connectivity index (χ2n) is 3.39. The van der Waals surface area contributed by atoms with E-state index < -0.39 is 6.17 Å². The van der Waals surface area contributed by atoms with Crippen molar-refractivity contribution in [3.05, 3.63) is 0 Å². The molecule has 1 saturated heterocycles. The van der Waals surface area contributed by atoms with Crippen LogP contribution in [-0.2, 0) is 0 Å². The molecule has 11 heavy (non-hydrogen) atoms. The topological polar surface area (TPSA) is 3.24 Å². The van der Waals surface area contributed by atoms with E-state index >= 15 is 0 Å². The predicted octanol–water partition coefficient (Wildman–Crippen LogP) is 2.22. The molecule has 2 heteroatoms. The van der Waals surface area contributed by atoms with Crippen LogP contribution in [0.5, 0.6) is 0 Å². The Morgan fingerprint density at radius 1 is 1.45 bits per heavy atom. The van der Waals surface area contributed by atoms with Crippen LogP contribution in [0.15, 0.2) is 0 Å². The van der Waals surface area contributed by atoms with Crippen LogP contribution in [0, 0.1) is 0 Å². The van der Waals surface area contributed by atoms with Crippen LogP contribution >= 0.6 is 0 Å². The van der Waals surface area contributed by atoms with Gasteiger partial charge in [-0.15, -0.1) is 0 Å². The van der Waals surface area contributed by atoms with Gasteiger partial charge in [0.05, 0.1) is 0 Å². The van der Waals surface area contributed by atoms with Crippen LogP contribution < -0.4 is 0 Å². The maximum absolute atomic E-state index is 12.6. The fourth-order valence-corrected chi connectivity index (χ4v) is 1.57. The molecule has 1 rings (SSSR count). The molecule has 0 N–H and O–H groups in total. The highest BCUT2D eigenvalue weighted by Gasteiger charge is 2.20. The average molecular weight is 159 g/mol. The first-order chi connectivity index (χ1) is 5.33. The number of halogens is 1. The van der Waals surface area contributed by atoms with Crippen molar-refractivity contribution in [1.82, 2.24) is 4.90 Å². The van der Waals surface area contributed by atoms with Gasteiger partial charge in [-0.05, 0) is 19.4 Å². The average Bonchev–Trinajstić information content (AvgIpc) is 2.37. The molecule has 1 atom stereocenters. The summed E-state index contributed by atoms with van der Waals surface area (Å²) in [6, 6.07) is 0. The van der Waals surface area contributed by atoms with Crippen molar-refractivity contribution in [2.75, 3.05) is 19.6 Å². The number of nitrogens with zero attached hydrogens (tertiary/aromatic N) is 1. The minimum absolute atomic E-state index is 0.545. The lowest BCUT2D eigenvalue weighted by Gasteiger charge is -2.13. The highest BCUT2D eigenvalue weighted by Crippen LogP contribution is 2.12. The van der Waals surface area contributed by atoms with Crippen LogP contribution in [0.3, 0.4) is 0 Å². The van der Waals surface area contributed by atoms with E-state index in [1.54, 1.807) is 0 Å². The molecular weight excluding hydrogens is 141 g/mol. The first-order valence-electron chi connectivity index (χ1n) is 4.69. The molecule has 66 valence electrons. The molecule has 0 amide bonds. The van der Waals surface area contributed by atoms with E-state index in [0.29, 0.717) is 6.54 Å². The van der Waals surface area contributed by atoms with Gasteiger partial charge in [-0.3, -0.25) is 0 Å². The maximum Gasteiger partial charge on any atom is 0.114 e. The summed E-state index contributed by atoms with van der Waals surface area (Å²) in [5.41, 5.74) is 0. The van der Waals surface area contributed by atoms with E-state index in [-0.39, 0.29) is 0 Å². The monoisotopic (exact) mass is 159 g/mol. The van der Waals surface area contributed by atoms with Crippen molar-refractivity contribution < 1.29 is 4.39 Å². The first kappa shape index (κ1) is 8.98. The lowest BCUT2D eigenvalue weighted by Crippen LogP contribution is -2.22. The van der Waals surface area contributed by atoms with Crippen molar-refractivity contribution in [2.24, 2.45) is 0 Å². The fourth-order valence-electron chi connectivity index (χ4n) is 1.57. The van der Waals surface area contributed by atoms with Gasteiger partial charge in [0.1, 0.15) is 6.17 Å². The molecule has 0 aromatic carbocycles. The van der Waals surface area contributed by atoms with Crippen molar-refractivity contribution in [2.45, 2.75) is 38.8 Å². The lowest BCUT2D eigenvalue weighted by atomic mass is 10.2. The van der Waals surface area contributed by atoms with Gasteiger partial charge in [-0.2, -0.15) is 0 Å². The highest BCUT2D eigenvalue weighted by atomic mass is 19.1. The highest BCUT2D eigenvalue weighted by molar-refractivity contribution is 4.74. The van der Waals surface area contributed by atoms with Gasteiger partial charge in [0.2, 0.25) is 0 Å². The first-order valence-corrected chi connectivity index (χ1v) is 4.69. The summed E-state index contributed by atoms with van der Waals surface area (Å²) in [6.07, 6.45) is 3.99. The summed E-state index contributed by atoms with van der Waals surface area (Å²) in [5.74, 6) is 0. The minimum atomic E-state index is -0.545. The molecule has 1 heterocycles. The third kappa shape index (κ3) is 3.19. The normalized spacial score (nSPS) is 26.2. The third-order valence-corrected chi connectivity index (χ3v) is 2.29. The summed E-state index contributed by atoms with van der Waals surface area (Å²) in [4.78, 5) is 2.24. The Morgan fingerprint density at radius 2 is 2.27 bits per heavy atom. The summed E-state index contributed by atoms with van der Waals surface area (Å²) >= 11 is 0. The van der Waals surface area contributed by atoms with Gasteiger partial charge in [-0.1, -0.05) is 19.8 Å². The number of hydrogen-bond acceptors (Lipinski definition) is 1. The van der Waals surface area contributed by atoms with E-state index in [2.05, 4.69) is 11.8 Å². The van der Waals surface area contributed by atoms with E-state index in [9.17, 15) is 4.39 Å². The number of unbranched alkanes of at least 4 members (excludes halogenated alkanes) is 2.